The van der Waals surface area contributed by atoms with Gasteiger partial charge in [-0.2, -0.15) is 20.1 Å². The molecule has 0 radical (unpaired) electrons. The van der Waals surface area contributed by atoms with Crippen LogP contribution in [-0.2, 0) is 0 Å². The van der Waals surface area contributed by atoms with Crippen LogP contribution in [0.15, 0.2) is 29.4 Å². The summed E-state index contributed by atoms with van der Waals surface area (Å²) in [5, 5.41) is 19.8. The third-order valence-electron chi connectivity index (χ3n) is 3.12. The molecule has 1 saturated carbocycles. The molecule has 0 unspecified atom stereocenters. The third kappa shape index (κ3) is 3.17. The number of nitriles is 1. The van der Waals surface area contributed by atoms with Gasteiger partial charge in [0.2, 0.25) is 4.77 Å². The molecule has 6 nitrogen and oxygen atoms in total. The first kappa shape index (κ1) is 13.5. The summed E-state index contributed by atoms with van der Waals surface area (Å²) in [6.45, 7) is 0.0440. The lowest BCUT2D eigenvalue weighted by atomic mass is 10.2. The molecule has 1 fully saturated rings. The van der Waals surface area contributed by atoms with E-state index in [1.54, 1.807) is 23.0 Å². The highest BCUT2D eigenvalue weighted by molar-refractivity contribution is 7.71. The number of aromatic nitrogens is 3. The molecule has 1 N–H and O–H groups in total. The Balaban J connectivity index is 1.75. The maximum absolute atomic E-state index is 8.46. The molecule has 1 aliphatic carbocycles. The molecule has 106 valence electrons. The fourth-order valence-corrected chi connectivity index (χ4v) is 2.10. The van der Waals surface area contributed by atoms with E-state index < -0.39 is 0 Å². The molecule has 0 saturated heterocycles. The maximum atomic E-state index is 8.46. The average molecular weight is 299 g/mol. The lowest BCUT2D eigenvalue weighted by Crippen LogP contribution is -1.97. The Morgan fingerprint density at radius 3 is 2.90 bits per heavy atom. The van der Waals surface area contributed by atoms with Crippen molar-refractivity contribution in [3.63, 3.8) is 0 Å². The Labute approximate surface area is 126 Å². The number of hydrogen-bond acceptors (Lipinski definition) is 5. The molecule has 0 spiro atoms. The van der Waals surface area contributed by atoms with E-state index in [0.717, 1.165) is 24.2 Å². The molecule has 0 aliphatic heterocycles. The number of nitrogens with zero attached hydrogens (tertiary/aromatic N) is 4. The second-order valence-electron chi connectivity index (χ2n) is 4.73. The lowest BCUT2D eigenvalue weighted by Gasteiger charge is -2.01. The molecule has 0 bridgehead atoms. The summed E-state index contributed by atoms with van der Waals surface area (Å²) >= 11 is 5.18. The van der Waals surface area contributed by atoms with Crippen molar-refractivity contribution in [3.8, 4) is 11.8 Å². The number of benzene rings is 1. The second kappa shape index (κ2) is 5.89. The molecule has 0 amide bonds. The summed E-state index contributed by atoms with van der Waals surface area (Å²) in [7, 11) is 0. The van der Waals surface area contributed by atoms with Crippen LogP contribution in [-0.4, -0.2) is 27.7 Å². The minimum Gasteiger partial charge on any atom is -0.479 e. The first-order chi connectivity index (χ1) is 10.3. The van der Waals surface area contributed by atoms with Gasteiger partial charge >= 0.3 is 0 Å². The van der Waals surface area contributed by atoms with E-state index >= 15 is 0 Å². The van der Waals surface area contributed by atoms with Crippen LogP contribution >= 0.6 is 12.2 Å². The fraction of sp³-hybridized carbons (Fsp3) is 0.286. The van der Waals surface area contributed by atoms with E-state index in [2.05, 4.69) is 15.3 Å². The van der Waals surface area contributed by atoms with Crippen molar-refractivity contribution in [2.45, 2.75) is 18.8 Å². The van der Waals surface area contributed by atoms with E-state index in [0.29, 0.717) is 16.4 Å². The summed E-state index contributed by atoms with van der Waals surface area (Å²) < 4.78 is 7.37. The molecule has 1 aromatic carbocycles. The van der Waals surface area contributed by atoms with Crippen LogP contribution in [0.5, 0.6) is 5.75 Å². The molecule has 1 aliphatic rings. The Morgan fingerprint density at radius 1 is 1.48 bits per heavy atom. The highest BCUT2D eigenvalue weighted by atomic mass is 32.1. The average Bonchev–Trinajstić information content (AvgIpc) is 3.28. The van der Waals surface area contributed by atoms with Gasteiger partial charge in [0.15, 0.2) is 12.4 Å². The van der Waals surface area contributed by atoms with Gasteiger partial charge in [0.25, 0.3) is 0 Å². The second-order valence-corrected chi connectivity index (χ2v) is 5.12. The molecule has 3 rings (SSSR count). The first-order valence-electron chi connectivity index (χ1n) is 6.59. The van der Waals surface area contributed by atoms with E-state index in [4.69, 9.17) is 22.2 Å². The zero-order valence-electron chi connectivity index (χ0n) is 11.2. The zero-order chi connectivity index (χ0) is 14.7. The van der Waals surface area contributed by atoms with Gasteiger partial charge in [-0.25, -0.2) is 0 Å². The van der Waals surface area contributed by atoms with E-state index in [-0.39, 0.29) is 6.61 Å². The van der Waals surface area contributed by atoms with Crippen molar-refractivity contribution in [1.29, 1.82) is 5.26 Å². The highest BCUT2D eigenvalue weighted by Crippen LogP contribution is 2.38. The van der Waals surface area contributed by atoms with Gasteiger partial charge in [-0.1, -0.05) is 0 Å². The summed E-state index contributed by atoms with van der Waals surface area (Å²) in [6, 6.07) is 9.27. The minimum absolute atomic E-state index is 0.0440. The van der Waals surface area contributed by atoms with Crippen LogP contribution < -0.4 is 4.74 Å². The SMILES string of the molecule is N#CCOc1ccc(/C=N\n2c(C3CC3)n[nH]c2=S)cc1. The predicted octanol–water partition coefficient (Wildman–Crippen LogP) is 2.60. The summed E-state index contributed by atoms with van der Waals surface area (Å²) in [5.41, 5.74) is 0.921. The van der Waals surface area contributed by atoms with Gasteiger partial charge in [-0.15, -0.1) is 0 Å². The molecular formula is C14H13N5OS. The van der Waals surface area contributed by atoms with Crippen LogP contribution in [0.25, 0.3) is 0 Å². The third-order valence-corrected chi connectivity index (χ3v) is 3.39. The number of hydrogen-bond donors (Lipinski definition) is 1. The van der Waals surface area contributed by atoms with Crippen molar-refractivity contribution in [2.75, 3.05) is 6.61 Å². The predicted molar refractivity (Wildman–Crippen MR) is 79.9 cm³/mol. The largest absolute Gasteiger partial charge is 0.479 e. The monoisotopic (exact) mass is 299 g/mol. The zero-order valence-corrected chi connectivity index (χ0v) is 12.0. The van der Waals surface area contributed by atoms with Crippen LogP contribution in [0.4, 0.5) is 0 Å². The van der Waals surface area contributed by atoms with E-state index in [9.17, 15) is 0 Å². The van der Waals surface area contributed by atoms with Crippen LogP contribution in [0.1, 0.15) is 30.1 Å². The molecule has 7 heteroatoms. The van der Waals surface area contributed by atoms with E-state index in [1.807, 2.05) is 18.2 Å². The van der Waals surface area contributed by atoms with Crippen molar-refractivity contribution >= 4 is 18.4 Å². The number of ether oxygens (including phenoxy) is 1. The summed E-state index contributed by atoms with van der Waals surface area (Å²) in [4.78, 5) is 0. The van der Waals surface area contributed by atoms with Gasteiger partial charge in [0, 0.05) is 5.92 Å². The first-order valence-corrected chi connectivity index (χ1v) is 7.00. The molecule has 2 aromatic rings. The molecule has 21 heavy (non-hydrogen) atoms. The fourth-order valence-electron chi connectivity index (χ4n) is 1.91. The molecular weight excluding hydrogens is 286 g/mol. The van der Waals surface area contributed by atoms with Crippen molar-refractivity contribution < 1.29 is 4.74 Å². The van der Waals surface area contributed by atoms with Gasteiger partial charge in [-0.3, -0.25) is 5.10 Å². The van der Waals surface area contributed by atoms with Crippen LogP contribution in [0.2, 0.25) is 0 Å². The Morgan fingerprint density at radius 2 is 2.24 bits per heavy atom. The van der Waals surface area contributed by atoms with Gasteiger partial charge < -0.3 is 4.74 Å². The number of rotatable bonds is 5. The number of nitrogens with one attached hydrogen (secondary N) is 1. The van der Waals surface area contributed by atoms with Gasteiger partial charge in [-0.05, 0) is 54.9 Å². The van der Waals surface area contributed by atoms with Crippen LogP contribution in [0.3, 0.4) is 0 Å². The Bertz CT molecular complexity index is 749. The normalized spacial score (nSPS) is 14.2. The van der Waals surface area contributed by atoms with Crippen molar-refractivity contribution in [2.24, 2.45) is 5.10 Å². The Kier molecular flexibility index (Phi) is 3.79. The lowest BCUT2D eigenvalue weighted by molar-refractivity contribution is 0.368. The van der Waals surface area contributed by atoms with Gasteiger partial charge in [0.05, 0.1) is 6.21 Å². The molecule has 0 atom stereocenters. The highest BCUT2D eigenvalue weighted by Gasteiger charge is 2.29. The number of H-pyrrole nitrogens is 1. The smallest absolute Gasteiger partial charge is 0.216 e. The standard InChI is InChI=1S/C14H13N5OS/c15-7-8-20-12-5-1-10(2-6-12)9-16-19-13(11-3-4-11)17-18-14(19)21/h1-2,5-6,9,11H,3-4,8H2,(H,18,21)/b16-9-. The number of aromatic amines is 1. The summed E-state index contributed by atoms with van der Waals surface area (Å²) in [5.74, 6) is 2.02. The maximum Gasteiger partial charge on any atom is 0.216 e. The van der Waals surface area contributed by atoms with Gasteiger partial charge in [0.1, 0.15) is 11.8 Å². The Hall–Kier alpha value is -2.46. The minimum atomic E-state index is 0.0440. The molecule has 1 heterocycles. The topological polar surface area (TPSA) is 79.0 Å². The quantitative estimate of drug-likeness (QED) is 0.680. The summed E-state index contributed by atoms with van der Waals surface area (Å²) in [6.07, 6.45) is 4.01. The van der Waals surface area contributed by atoms with Crippen molar-refractivity contribution in [1.82, 2.24) is 14.9 Å². The van der Waals surface area contributed by atoms with E-state index in [1.165, 1.54) is 0 Å². The van der Waals surface area contributed by atoms with Crippen LogP contribution in [0, 0.1) is 16.1 Å². The van der Waals surface area contributed by atoms with Crippen molar-refractivity contribution in [3.05, 3.63) is 40.4 Å². The molecule has 1 aromatic heterocycles.